The predicted molar refractivity (Wildman–Crippen MR) is 124 cm³/mol. The second-order valence-corrected chi connectivity index (χ2v) is 8.16. The van der Waals surface area contributed by atoms with E-state index in [1.165, 1.54) is 4.90 Å². The highest BCUT2D eigenvalue weighted by Gasteiger charge is 2.44. The molecular weight excluding hydrogens is 428 g/mol. The predicted octanol–water partition coefficient (Wildman–Crippen LogP) is 5.01. The Bertz CT molecular complexity index is 1160. The highest BCUT2D eigenvalue weighted by atomic mass is 35.5. The Balaban J connectivity index is 1.75. The molecule has 2 heterocycles. The fraction of sp³-hybridized carbons (Fsp3) is 0.280. The Morgan fingerprint density at radius 3 is 2.56 bits per heavy atom. The van der Waals surface area contributed by atoms with Crippen LogP contribution in [0.15, 0.2) is 70.3 Å². The van der Waals surface area contributed by atoms with E-state index >= 15 is 0 Å². The molecule has 1 atom stereocenters. The van der Waals surface area contributed by atoms with Crippen LogP contribution in [0.4, 0.5) is 0 Å². The third kappa shape index (κ3) is 4.04. The smallest absolute Gasteiger partial charge is 0.290 e. The molecule has 1 N–H and O–H groups in total. The van der Waals surface area contributed by atoms with Crippen LogP contribution in [0.2, 0.25) is 5.02 Å². The van der Waals surface area contributed by atoms with Crippen LogP contribution in [0.5, 0.6) is 0 Å². The number of para-hydroxylation sites is 1. The van der Waals surface area contributed by atoms with Crippen molar-refractivity contribution in [2.45, 2.75) is 19.9 Å². The van der Waals surface area contributed by atoms with Crippen LogP contribution in [-0.4, -0.2) is 52.8 Å². The molecule has 0 saturated carbocycles. The number of ketones is 1. The van der Waals surface area contributed by atoms with Crippen molar-refractivity contribution >= 4 is 34.3 Å². The average Bonchev–Trinajstić information content (AvgIpc) is 3.34. The first kappa shape index (κ1) is 22.1. The molecule has 3 aromatic rings. The number of hydrogen-bond donors (Lipinski definition) is 1. The van der Waals surface area contributed by atoms with Crippen molar-refractivity contribution in [1.82, 2.24) is 9.80 Å². The highest BCUT2D eigenvalue weighted by Crippen LogP contribution is 2.40. The number of rotatable bonds is 8. The van der Waals surface area contributed by atoms with E-state index < -0.39 is 23.5 Å². The van der Waals surface area contributed by atoms with Gasteiger partial charge < -0.3 is 19.3 Å². The molecule has 4 rings (SSSR count). The Morgan fingerprint density at radius 2 is 1.88 bits per heavy atom. The summed E-state index contributed by atoms with van der Waals surface area (Å²) in [5.41, 5.74) is 1.24. The number of carbonyl (C=O) groups excluding carboxylic acids is 2. The van der Waals surface area contributed by atoms with Crippen LogP contribution in [0, 0.1) is 0 Å². The fourth-order valence-corrected chi connectivity index (χ4v) is 4.35. The lowest BCUT2D eigenvalue weighted by Crippen LogP contribution is -2.38. The van der Waals surface area contributed by atoms with Gasteiger partial charge in [0.25, 0.3) is 5.91 Å². The number of carbonyl (C=O) groups is 2. The first-order valence-corrected chi connectivity index (χ1v) is 11.1. The zero-order valence-corrected chi connectivity index (χ0v) is 18.8. The van der Waals surface area contributed by atoms with Gasteiger partial charge in [0.1, 0.15) is 5.58 Å². The number of amides is 1. The number of furan rings is 1. The Labute approximate surface area is 191 Å². The molecule has 32 heavy (non-hydrogen) atoms. The van der Waals surface area contributed by atoms with Crippen molar-refractivity contribution < 1.29 is 19.1 Å². The summed E-state index contributed by atoms with van der Waals surface area (Å²) in [5.74, 6) is -1.54. The SMILES string of the molecule is CCN(CC)CCN1C(=O)C(O)=C(C(=O)c2cc3ccccc3o2)C1c1cccc(Cl)c1. The molecule has 0 spiro atoms. The van der Waals surface area contributed by atoms with Crippen molar-refractivity contribution in [2.24, 2.45) is 0 Å². The quantitative estimate of drug-likeness (QED) is 0.486. The molecule has 0 fully saturated rings. The summed E-state index contributed by atoms with van der Waals surface area (Å²) in [6.07, 6.45) is 0. The van der Waals surface area contributed by atoms with Gasteiger partial charge in [0.05, 0.1) is 11.6 Å². The van der Waals surface area contributed by atoms with Gasteiger partial charge in [-0.15, -0.1) is 0 Å². The standard InChI is InChI=1S/C25H25ClN2O4/c1-3-27(4-2)12-13-28-22(17-9-7-10-18(26)14-17)21(24(30)25(28)31)23(29)20-15-16-8-5-6-11-19(16)32-20/h5-11,14-15,22,30H,3-4,12-13H2,1-2H3. The Kier molecular flexibility index (Phi) is 6.35. The molecule has 1 amide bonds. The third-order valence-corrected chi connectivity index (χ3v) is 6.15. The van der Waals surface area contributed by atoms with Crippen LogP contribution in [0.1, 0.15) is 36.0 Å². The maximum atomic E-state index is 13.5. The summed E-state index contributed by atoms with van der Waals surface area (Å²) in [6.45, 7) is 6.76. The van der Waals surface area contributed by atoms with Crippen molar-refractivity contribution in [2.75, 3.05) is 26.2 Å². The molecule has 1 aliphatic rings. The van der Waals surface area contributed by atoms with E-state index in [2.05, 4.69) is 18.7 Å². The Morgan fingerprint density at radius 1 is 1.12 bits per heavy atom. The fourth-order valence-electron chi connectivity index (χ4n) is 4.15. The van der Waals surface area contributed by atoms with Gasteiger partial charge in [-0.2, -0.15) is 0 Å². The number of benzene rings is 2. The van der Waals surface area contributed by atoms with E-state index in [9.17, 15) is 14.7 Å². The molecule has 1 aliphatic heterocycles. The molecule has 2 aromatic carbocycles. The van der Waals surface area contributed by atoms with E-state index in [0.717, 1.165) is 18.5 Å². The van der Waals surface area contributed by atoms with Crippen LogP contribution in [-0.2, 0) is 4.79 Å². The average molecular weight is 453 g/mol. The molecular formula is C25H25ClN2O4. The lowest BCUT2D eigenvalue weighted by molar-refractivity contribution is -0.129. The van der Waals surface area contributed by atoms with E-state index in [0.29, 0.717) is 29.3 Å². The molecule has 0 aliphatic carbocycles. The minimum Gasteiger partial charge on any atom is -0.503 e. The Hall–Kier alpha value is -3.09. The van der Waals surface area contributed by atoms with Gasteiger partial charge in [-0.25, -0.2) is 0 Å². The summed E-state index contributed by atoms with van der Waals surface area (Å²) >= 11 is 6.22. The maximum absolute atomic E-state index is 13.5. The van der Waals surface area contributed by atoms with Gasteiger partial charge in [0, 0.05) is 23.5 Å². The van der Waals surface area contributed by atoms with Gasteiger partial charge in [-0.3, -0.25) is 9.59 Å². The lowest BCUT2D eigenvalue weighted by Gasteiger charge is -2.29. The topological polar surface area (TPSA) is 74.0 Å². The maximum Gasteiger partial charge on any atom is 0.290 e. The molecule has 1 aromatic heterocycles. The van der Waals surface area contributed by atoms with E-state index in [4.69, 9.17) is 16.0 Å². The highest BCUT2D eigenvalue weighted by molar-refractivity contribution is 6.30. The van der Waals surface area contributed by atoms with Gasteiger partial charge in [0.2, 0.25) is 5.78 Å². The summed E-state index contributed by atoms with van der Waals surface area (Å²) in [6, 6.07) is 15.2. The molecule has 0 radical (unpaired) electrons. The number of aliphatic hydroxyl groups excluding tert-OH is 1. The summed E-state index contributed by atoms with van der Waals surface area (Å²) in [4.78, 5) is 30.3. The second kappa shape index (κ2) is 9.18. The molecule has 6 nitrogen and oxygen atoms in total. The van der Waals surface area contributed by atoms with Crippen LogP contribution >= 0.6 is 11.6 Å². The van der Waals surface area contributed by atoms with Crippen molar-refractivity contribution in [3.05, 3.63) is 82.3 Å². The minimum absolute atomic E-state index is 0.0101. The van der Waals surface area contributed by atoms with Crippen molar-refractivity contribution in [1.29, 1.82) is 0 Å². The number of fused-ring (bicyclic) bond motifs is 1. The van der Waals surface area contributed by atoms with Gasteiger partial charge >= 0.3 is 0 Å². The summed E-state index contributed by atoms with van der Waals surface area (Å²) in [7, 11) is 0. The molecule has 0 saturated heterocycles. The zero-order valence-electron chi connectivity index (χ0n) is 18.0. The number of nitrogens with zero attached hydrogens (tertiary/aromatic N) is 2. The number of aliphatic hydroxyl groups is 1. The lowest BCUT2D eigenvalue weighted by atomic mass is 9.95. The van der Waals surface area contributed by atoms with E-state index in [1.54, 1.807) is 36.4 Å². The minimum atomic E-state index is -0.752. The first-order valence-electron chi connectivity index (χ1n) is 10.7. The summed E-state index contributed by atoms with van der Waals surface area (Å²) < 4.78 is 5.74. The number of Topliss-reactive ketones (excluding diaryl/α,β-unsaturated/α-hetero) is 1. The normalized spacial score (nSPS) is 16.6. The van der Waals surface area contributed by atoms with Crippen molar-refractivity contribution in [3.8, 4) is 0 Å². The molecule has 7 heteroatoms. The number of halogens is 1. The van der Waals surface area contributed by atoms with Crippen LogP contribution in [0.25, 0.3) is 11.0 Å². The molecule has 1 unspecified atom stereocenters. The summed E-state index contributed by atoms with van der Waals surface area (Å²) in [5, 5.41) is 12.1. The monoisotopic (exact) mass is 452 g/mol. The van der Waals surface area contributed by atoms with Crippen molar-refractivity contribution in [3.63, 3.8) is 0 Å². The third-order valence-electron chi connectivity index (χ3n) is 5.91. The number of likely N-dealkylation sites (N-methyl/N-ethyl adjacent to an activating group) is 1. The molecule has 0 bridgehead atoms. The van der Waals surface area contributed by atoms with Gasteiger partial charge in [0.15, 0.2) is 11.5 Å². The van der Waals surface area contributed by atoms with Gasteiger partial charge in [-0.1, -0.05) is 55.8 Å². The second-order valence-electron chi connectivity index (χ2n) is 7.72. The van der Waals surface area contributed by atoms with Crippen LogP contribution < -0.4 is 0 Å². The largest absolute Gasteiger partial charge is 0.503 e. The van der Waals surface area contributed by atoms with E-state index in [1.807, 2.05) is 18.2 Å². The van der Waals surface area contributed by atoms with Crippen LogP contribution in [0.3, 0.4) is 0 Å². The van der Waals surface area contributed by atoms with Gasteiger partial charge in [-0.05, 0) is 42.9 Å². The molecule has 166 valence electrons. The van der Waals surface area contributed by atoms with E-state index in [-0.39, 0.29) is 11.3 Å². The first-order chi connectivity index (χ1) is 15.4. The zero-order chi connectivity index (χ0) is 22.8. The number of hydrogen-bond acceptors (Lipinski definition) is 5.